The summed E-state index contributed by atoms with van der Waals surface area (Å²) in [6.07, 6.45) is 15.1. The molecular weight excluding hydrogens is 410 g/mol. The molecule has 1 aliphatic rings. The van der Waals surface area contributed by atoms with Gasteiger partial charge in [0.1, 0.15) is 0 Å². The third kappa shape index (κ3) is 6.93. The monoisotopic (exact) mass is 449 g/mol. The highest BCUT2D eigenvalue weighted by molar-refractivity contribution is 6.08. The zero-order valence-corrected chi connectivity index (χ0v) is 20.2. The van der Waals surface area contributed by atoms with Crippen molar-refractivity contribution in [1.82, 2.24) is 4.57 Å². The maximum atomic E-state index is 13.0. The van der Waals surface area contributed by atoms with Crippen LogP contribution in [-0.4, -0.2) is 22.9 Å². The van der Waals surface area contributed by atoms with Crippen LogP contribution in [0.5, 0.6) is 0 Å². The molecule has 2 heterocycles. The Kier molecular flexibility index (Phi) is 9.99. The third-order valence-corrected chi connectivity index (χ3v) is 6.68. The number of aromatic nitrogens is 1. The Morgan fingerprint density at radius 1 is 0.939 bits per heavy atom. The van der Waals surface area contributed by atoms with Crippen LogP contribution < -0.4 is 0 Å². The first-order chi connectivity index (χ1) is 16.2. The van der Waals surface area contributed by atoms with Crippen molar-refractivity contribution in [3.05, 3.63) is 65.5 Å². The molecule has 1 aromatic heterocycles. The first kappa shape index (κ1) is 25.0. The summed E-state index contributed by atoms with van der Waals surface area (Å²) in [5.74, 6) is -0.439. The van der Waals surface area contributed by atoms with Crippen molar-refractivity contribution in [2.45, 2.75) is 90.0 Å². The number of rotatable bonds is 15. The average molecular weight is 450 g/mol. The van der Waals surface area contributed by atoms with Crippen LogP contribution in [0.3, 0.4) is 0 Å². The van der Waals surface area contributed by atoms with Crippen molar-refractivity contribution in [2.24, 2.45) is 0 Å². The van der Waals surface area contributed by atoms with Gasteiger partial charge in [-0.15, -0.1) is 0 Å². The standard InChI is InChI=1S/C29H39NO3/c1-3-5-6-7-8-9-10-11-12-13-22-33-29(32)25-20-21-30-26(25)18-19-27(30)28(31)24-16-14-23(4-2)15-17-24/h4,14-19,25H,2-3,5-13,20-22H2,1H3. The molecule has 1 aromatic carbocycles. The lowest BCUT2D eigenvalue weighted by Gasteiger charge is -2.10. The van der Waals surface area contributed by atoms with Crippen molar-refractivity contribution in [3.8, 4) is 0 Å². The molecule has 33 heavy (non-hydrogen) atoms. The number of carbonyl (C=O) groups is 2. The number of ether oxygens (including phenoxy) is 1. The van der Waals surface area contributed by atoms with Gasteiger partial charge in [0.15, 0.2) is 0 Å². The molecule has 1 aliphatic heterocycles. The smallest absolute Gasteiger partial charge is 0.315 e. The fourth-order valence-corrected chi connectivity index (χ4v) is 4.66. The Balaban J connectivity index is 1.39. The van der Waals surface area contributed by atoms with E-state index in [1.807, 2.05) is 41.0 Å². The van der Waals surface area contributed by atoms with Crippen molar-refractivity contribution in [1.29, 1.82) is 0 Å². The van der Waals surface area contributed by atoms with E-state index in [2.05, 4.69) is 13.5 Å². The molecule has 0 radical (unpaired) electrons. The van der Waals surface area contributed by atoms with E-state index in [0.717, 1.165) is 24.1 Å². The summed E-state index contributed by atoms with van der Waals surface area (Å²) >= 11 is 0. The number of fused-ring (bicyclic) bond motifs is 1. The summed E-state index contributed by atoms with van der Waals surface area (Å²) in [7, 11) is 0. The van der Waals surface area contributed by atoms with Crippen LogP contribution >= 0.6 is 0 Å². The van der Waals surface area contributed by atoms with Crippen molar-refractivity contribution < 1.29 is 14.3 Å². The predicted molar refractivity (Wildman–Crippen MR) is 135 cm³/mol. The number of esters is 1. The molecule has 1 atom stereocenters. The minimum absolute atomic E-state index is 0.0174. The highest BCUT2D eigenvalue weighted by Gasteiger charge is 2.32. The third-order valence-electron chi connectivity index (χ3n) is 6.68. The van der Waals surface area contributed by atoms with Gasteiger partial charge in [0.05, 0.1) is 18.2 Å². The zero-order valence-electron chi connectivity index (χ0n) is 20.2. The van der Waals surface area contributed by atoms with Gasteiger partial charge in [-0.3, -0.25) is 9.59 Å². The average Bonchev–Trinajstić information content (AvgIpc) is 3.44. The summed E-state index contributed by atoms with van der Waals surface area (Å²) in [6, 6.07) is 11.2. The lowest BCUT2D eigenvalue weighted by molar-refractivity contribution is -0.145. The molecule has 0 bridgehead atoms. The first-order valence-electron chi connectivity index (χ1n) is 12.8. The summed E-state index contributed by atoms with van der Waals surface area (Å²) in [6.45, 7) is 7.17. The molecule has 3 rings (SSSR count). The zero-order chi connectivity index (χ0) is 23.5. The quantitative estimate of drug-likeness (QED) is 0.163. The summed E-state index contributed by atoms with van der Waals surface area (Å²) in [5, 5.41) is 0. The number of unbranched alkanes of at least 4 members (excludes halogenated alkanes) is 9. The lowest BCUT2D eigenvalue weighted by atomic mass is 10.0. The van der Waals surface area contributed by atoms with E-state index in [-0.39, 0.29) is 17.7 Å². The molecule has 0 saturated carbocycles. The van der Waals surface area contributed by atoms with E-state index in [4.69, 9.17) is 4.74 Å². The minimum atomic E-state index is -0.266. The van der Waals surface area contributed by atoms with E-state index in [9.17, 15) is 9.59 Å². The van der Waals surface area contributed by atoms with Crippen LogP contribution in [0.1, 0.15) is 111 Å². The topological polar surface area (TPSA) is 48.3 Å². The van der Waals surface area contributed by atoms with Gasteiger partial charge in [0.2, 0.25) is 5.78 Å². The Bertz CT molecular complexity index is 909. The van der Waals surface area contributed by atoms with Gasteiger partial charge in [-0.2, -0.15) is 0 Å². The number of ketones is 1. The molecule has 0 N–H and O–H groups in total. The molecule has 2 aromatic rings. The molecule has 0 aliphatic carbocycles. The van der Waals surface area contributed by atoms with Gasteiger partial charge in [-0.25, -0.2) is 0 Å². The molecule has 0 saturated heterocycles. The number of hydrogen-bond donors (Lipinski definition) is 0. The van der Waals surface area contributed by atoms with E-state index >= 15 is 0 Å². The summed E-state index contributed by atoms with van der Waals surface area (Å²) < 4.78 is 7.57. The van der Waals surface area contributed by atoms with Crippen LogP contribution in [0.25, 0.3) is 6.08 Å². The Morgan fingerprint density at radius 2 is 1.58 bits per heavy atom. The molecule has 178 valence electrons. The molecule has 0 amide bonds. The van der Waals surface area contributed by atoms with E-state index < -0.39 is 0 Å². The Labute approximate surface area is 199 Å². The predicted octanol–water partition coefficient (Wildman–Crippen LogP) is 7.31. The first-order valence-corrected chi connectivity index (χ1v) is 12.8. The highest BCUT2D eigenvalue weighted by atomic mass is 16.5. The normalized spacial score (nSPS) is 14.8. The van der Waals surface area contributed by atoms with E-state index in [1.165, 1.54) is 51.4 Å². The minimum Gasteiger partial charge on any atom is -0.465 e. The second-order valence-corrected chi connectivity index (χ2v) is 9.14. The van der Waals surface area contributed by atoms with Gasteiger partial charge < -0.3 is 9.30 Å². The van der Waals surface area contributed by atoms with Crippen LogP contribution in [0.15, 0.2) is 43.0 Å². The summed E-state index contributed by atoms with van der Waals surface area (Å²) in [4.78, 5) is 25.6. The number of hydrogen-bond acceptors (Lipinski definition) is 3. The van der Waals surface area contributed by atoms with Crippen LogP contribution in [0, 0.1) is 0 Å². The van der Waals surface area contributed by atoms with Gasteiger partial charge >= 0.3 is 5.97 Å². The van der Waals surface area contributed by atoms with Crippen LogP contribution in [0.2, 0.25) is 0 Å². The van der Waals surface area contributed by atoms with Gasteiger partial charge in [0.25, 0.3) is 0 Å². The van der Waals surface area contributed by atoms with E-state index in [0.29, 0.717) is 30.8 Å². The second-order valence-electron chi connectivity index (χ2n) is 9.14. The van der Waals surface area contributed by atoms with E-state index in [1.54, 1.807) is 6.08 Å². The van der Waals surface area contributed by atoms with Crippen LogP contribution in [-0.2, 0) is 16.1 Å². The maximum absolute atomic E-state index is 13.0. The van der Waals surface area contributed by atoms with Crippen molar-refractivity contribution >= 4 is 17.8 Å². The highest BCUT2D eigenvalue weighted by Crippen LogP contribution is 2.32. The summed E-state index contributed by atoms with van der Waals surface area (Å²) in [5.41, 5.74) is 3.17. The van der Waals surface area contributed by atoms with Crippen LogP contribution in [0.4, 0.5) is 0 Å². The number of nitrogens with zero attached hydrogens (tertiary/aromatic N) is 1. The second kappa shape index (κ2) is 13.2. The Morgan fingerprint density at radius 3 is 2.21 bits per heavy atom. The fraction of sp³-hybridized carbons (Fsp3) is 0.517. The lowest BCUT2D eigenvalue weighted by Crippen LogP contribution is -2.14. The molecule has 0 spiro atoms. The van der Waals surface area contributed by atoms with Crippen molar-refractivity contribution in [2.75, 3.05) is 6.61 Å². The molecule has 4 nitrogen and oxygen atoms in total. The number of carbonyl (C=O) groups excluding carboxylic acids is 2. The molecule has 1 unspecified atom stereocenters. The largest absolute Gasteiger partial charge is 0.465 e. The molecular formula is C29H39NO3. The Hall–Kier alpha value is -2.62. The number of benzene rings is 1. The van der Waals surface area contributed by atoms with Gasteiger partial charge in [0, 0.05) is 17.8 Å². The molecule has 0 fully saturated rings. The maximum Gasteiger partial charge on any atom is 0.315 e. The molecule has 4 heteroatoms. The fourth-order valence-electron chi connectivity index (χ4n) is 4.66. The van der Waals surface area contributed by atoms with Gasteiger partial charge in [-0.05, 0) is 30.5 Å². The SMILES string of the molecule is C=Cc1ccc(C(=O)c2ccc3n2CCC3C(=O)OCCCCCCCCCCCC)cc1. The van der Waals surface area contributed by atoms with Gasteiger partial charge in [-0.1, -0.05) is 102 Å². The van der Waals surface area contributed by atoms with Crippen molar-refractivity contribution in [3.63, 3.8) is 0 Å².